The molecule has 1 aromatic carbocycles. The van der Waals surface area contributed by atoms with Gasteiger partial charge in [-0.05, 0) is 29.7 Å². The van der Waals surface area contributed by atoms with Crippen LogP contribution in [0.1, 0.15) is 13.8 Å². The van der Waals surface area contributed by atoms with Crippen LogP contribution in [-0.2, 0) is 9.84 Å². The van der Waals surface area contributed by atoms with Gasteiger partial charge in [-0.15, -0.1) is 0 Å². The maximum atomic E-state index is 12.7. The molecule has 0 aliphatic heterocycles. The molecule has 1 aromatic rings. The van der Waals surface area contributed by atoms with Crippen molar-refractivity contribution in [1.29, 1.82) is 0 Å². The summed E-state index contributed by atoms with van der Waals surface area (Å²) in [5.74, 6) is -0.393. The molecule has 0 N–H and O–H groups in total. The minimum absolute atomic E-state index is 0.0386. The van der Waals surface area contributed by atoms with E-state index < -0.39 is 15.7 Å². The van der Waals surface area contributed by atoms with Crippen LogP contribution in [0.5, 0.6) is 0 Å². The standard InChI is InChI=1S/C11H14BrFO2S/c1-11(2,7-12)8-16(14,15)10-5-3-9(13)4-6-10/h3-6H,7-8H2,1-2H3. The molecule has 1 rings (SSSR count). The third-order valence-corrected chi connectivity index (χ3v) is 5.79. The zero-order valence-corrected chi connectivity index (χ0v) is 11.6. The van der Waals surface area contributed by atoms with Crippen molar-refractivity contribution in [2.75, 3.05) is 11.1 Å². The molecule has 0 aromatic heterocycles. The van der Waals surface area contributed by atoms with E-state index in [1.807, 2.05) is 13.8 Å². The van der Waals surface area contributed by atoms with Gasteiger partial charge in [-0.25, -0.2) is 12.8 Å². The summed E-state index contributed by atoms with van der Waals surface area (Å²) in [6.45, 7) is 3.73. The summed E-state index contributed by atoms with van der Waals surface area (Å²) in [5.41, 5.74) is -0.340. The first-order chi connectivity index (χ1) is 7.27. The third kappa shape index (κ3) is 3.56. The fraction of sp³-hybridized carbons (Fsp3) is 0.455. The van der Waals surface area contributed by atoms with Crippen molar-refractivity contribution < 1.29 is 12.8 Å². The van der Waals surface area contributed by atoms with Gasteiger partial charge in [-0.2, -0.15) is 0 Å². The topological polar surface area (TPSA) is 34.1 Å². The van der Waals surface area contributed by atoms with Gasteiger partial charge in [0, 0.05) is 5.33 Å². The quantitative estimate of drug-likeness (QED) is 0.633. The van der Waals surface area contributed by atoms with Crippen LogP contribution in [-0.4, -0.2) is 19.5 Å². The zero-order valence-electron chi connectivity index (χ0n) is 9.20. The van der Waals surface area contributed by atoms with Crippen molar-refractivity contribution in [3.63, 3.8) is 0 Å². The fourth-order valence-corrected chi connectivity index (χ4v) is 3.59. The normalized spacial score (nSPS) is 12.8. The van der Waals surface area contributed by atoms with Gasteiger partial charge in [0.05, 0.1) is 10.6 Å². The lowest BCUT2D eigenvalue weighted by molar-refractivity contribution is 0.474. The van der Waals surface area contributed by atoms with Crippen LogP contribution >= 0.6 is 15.9 Å². The largest absolute Gasteiger partial charge is 0.224 e. The highest BCUT2D eigenvalue weighted by Crippen LogP contribution is 2.24. The van der Waals surface area contributed by atoms with E-state index in [2.05, 4.69) is 15.9 Å². The summed E-state index contributed by atoms with van der Waals surface area (Å²) in [5, 5.41) is 0.598. The molecule has 0 saturated carbocycles. The van der Waals surface area contributed by atoms with Gasteiger partial charge in [0.2, 0.25) is 0 Å². The van der Waals surface area contributed by atoms with E-state index in [1.54, 1.807) is 0 Å². The molecule has 90 valence electrons. The second-order valence-corrected chi connectivity index (χ2v) is 7.06. The Morgan fingerprint density at radius 3 is 2.19 bits per heavy atom. The van der Waals surface area contributed by atoms with Crippen molar-refractivity contribution in [3.05, 3.63) is 30.1 Å². The summed E-state index contributed by atoms with van der Waals surface area (Å²) in [4.78, 5) is 0.169. The van der Waals surface area contributed by atoms with E-state index in [-0.39, 0.29) is 16.1 Å². The van der Waals surface area contributed by atoms with Gasteiger partial charge >= 0.3 is 0 Å². The number of halogens is 2. The molecule has 0 saturated heterocycles. The smallest absolute Gasteiger partial charge is 0.178 e. The lowest BCUT2D eigenvalue weighted by atomic mass is 10.0. The molecule has 0 amide bonds. The highest BCUT2D eigenvalue weighted by atomic mass is 79.9. The van der Waals surface area contributed by atoms with Gasteiger partial charge in [0.25, 0.3) is 0 Å². The van der Waals surface area contributed by atoms with E-state index in [9.17, 15) is 12.8 Å². The molecular weight excluding hydrogens is 295 g/mol. The number of hydrogen-bond donors (Lipinski definition) is 0. The van der Waals surface area contributed by atoms with Crippen LogP contribution in [0.3, 0.4) is 0 Å². The molecule has 2 nitrogen and oxygen atoms in total. The average Bonchev–Trinajstić information content (AvgIpc) is 2.17. The highest BCUT2D eigenvalue weighted by Gasteiger charge is 2.26. The number of sulfone groups is 1. The first kappa shape index (κ1) is 13.6. The number of rotatable bonds is 4. The van der Waals surface area contributed by atoms with Gasteiger partial charge in [-0.1, -0.05) is 29.8 Å². The summed E-state index contributed by atoms with van der Waals surface area (Å²) >= 11 is 3.28. The van der Waals surface area contributed by atoms with Gasteiger partial charge in [-0.3, -0.25) is 0 Å². The molecule has 0 heterocycles. The first-order valence-corrected chi connectivity index (χ1v) is 7.58. The molecule has 0 aliphatic rings. The van der Waals surface area contributed by atoms with Crippen LogP contribution in [0.2, 0.25) is 0 Å². The molecule has 0 aliphatic carbocycles. The van der Waals surface area contributed by atoms with Crippen LogP contribution in [0.25, 0.3) is 0 Å². The Bertz CT molecular complexity index is 451. The summed E-state index contributed by atoms with van der Waals surface area (Å²) in [6, 6.07) is 4.92. The van der Waals surface area contributed by atoms with E-state index in [1.165, 1.54) is 12.1 Å². The minimum Gasteiger partial charge on any atom is -0.224 e. The predicted octanol–water partition coefficient (Wildman–Crippen LogP) is 3.02. The second-order valence-electron chi connectivity index (χ2n) is 4.51. The Labute approximate surface area is 104 Å². The molecule has 5 heteroatoms. The van der Waals surface area contributed by atoms with E-state index in [0.29, 0.717) is 5.33 Å². The number of hydrogen-bond acceptors (Lipinski definition) is 2. The predicted molar refractivity (Wildman–Crippen MR) is 66.0 cm³/mol. The van der Waals surface area contributed by atoms with Crippen molar-refractivity contribution in [2.24, 2.45) is 5.41 Å². The Balaban J connectivity index is 2.99. The molecule has 0 bridgehead atoms. The molecule has 0 unspecified atom stereocenters. The fourth-order valence-electron chi connectivity index (χ4n) is 1.28. The molecule has 16 heavy (non-hydrogen) atoms. The van der Waals surface area contributed by atoms with Crippen molar-refractivity contribution in [1.82, 2.24) is 0 Å². The average molecular weight is 309 g/mol. The van der Waals surface area contributed by atoms with Crippen LogP contribution in [0.4, 0.5) is 4.39 Å². The first-order valence-electron chi connectivity index (χ1n) is 4.81. The number of benzene rings is 1. The Kier molecular flexibility index (Phi) is 4.12. The van der Waals surface area contributed by atoms with E-state index >= 15 is 0 Å². The van der Waals surface area contributed by atoms with Crippen LogP contribution in [0.15, 0.2) is 29.2 Å². The summed E-state index contributed by atoms with van der Waals surface area (Å²) in [6.07, 6.45) is 0. The lowest BCUT2D eigenvalue weighted by Gasteiger charge is -2.21. The van der Waals surface area contributed by atoms with Crippen molar-refractivity contribution >= 4 is 25.8 Å². The maximum Gasteiger partial charge on any atom is 0.178 e. The maximum absolute atomic E-state index is 12.7. The van der Waals surface area contributed by atoms with Gasteiger partial charge in [0.15, 0.2) is 9.84 Å². The summed E-state index contributed by atoms with van der Waals surface area (Å²) in [7, 11) is -3.34. The molecular formula is C11H14BrFO2S. The SMILES string of the molecule is CC(C)(CBr)CS(=O)(=O)c1ccc(F)cc1. The monoisotopic (exact) mass is 308 g/mol. The Morgan fingerprint density at radius 2 is 1.75 bits per heavy atom. The van der Waals surface area contributed by atoms with Crippen molar-refractivity contribution in [2.45, 2.75) is 18.7 Å². The van der Waals surface area contributed by atoms with Crippen LogP contribution in [0, 0.1) is 11.2 Å². The highest BCUT2D eigenvalue weighted by molar-refractivity contribution is 9.09. The van der Waals surface area contributed by atoms with Crippen molar-refractivity contribution in [3.8, 4) is 0 Å². The molecule has 0 radical (unpaired) electrons. The second kappa shape index (κ2) is 4.84. The third-order valence-electron chi connectivity index (χ3n) is 2.12. The summed E-state index contributed by atoms with van der Waals surface area (Å²) < 4.78 is 36.6. The zero-order chi connectivity index (χ0) is 12.4. The van der Waals surface area contributed by atoms with Crippen LogP contribution < -0.4 is 0 Å². The lowest BCUT2D eigenvalue weighted by Crippen LogP contribution is -2.25. The molecule has 0 atom stereocenters. The Morgan fingerprint density at radius 1 is 1.25 bits per heavy atom. The molecule has 0 fully saturated rings. The van der Waals surface area contributed by atoms with Gasteiger partial charge < -0.3 is 0 Å². The Hall–Kier alpha value is -0.420. The molecule has 0 spiro atoms. The van der Waals surface area contributed by atoms with Gasteiger partial charge in [0.1, 0.15) is 5.82 Å². The number of alkyl halides is 1. The minimum atomic E-state index is -3.34. The van der Waals surface area contributed by atoms with E-state index in [0.717, 1.165) is 12.1 Å². The van der Waals surface area contributed by atoms with E-state index in [4.69, 9.17) is 0 Å².